The van der Waals surface area contributed by atoms with Gasteiger partial charge in [-0.25, -0.2) is 5.10 Å². The summed E-state index contributed by atoms with van der Waals surface area (Å²) in [5.74, 6) is 1.25. The number of hydrogen-bond acceptors (Lipinski definition) is 4. The Hall–Kier alpha value is -2.15. The van der Waals surface area contributed by atoms with Crippen LogP contribution in [0.5, 0.6) is 0 Å². The lowest BCUT2D eigenvalue weighted by Gasteiger charge is -2.04. The van der Waals surface area contributed by atoms with Gasteiger partial charge in [-0.05, 0) is 61.1 Å². The summed E-state index contributed by atoms with van der Waals surface area (Å²) in [6.07, 6.45) is 5.15. The van der Waals surface area contributed by atoms with Gasteiger partial charge in [-0.2, -0.15) is 14.9 Å². The Morgan fingerprint density at radius 3 is 2.92 bits per heavy atom. The molecule has 1 aromatic carbocycles. The Kier molecular flexibility index (Phi) is 4.99. The lowest BCUT2D eigenvalue weighted by molar-refractivity contribution is 0.557. The molecule has 0 amide bonds. The van der Waals surface area contributed by atoms with Crippen molar-refractivity contribution in [1.29, 1.82) is 0 Å². The largest absolute Gasteiger partial charge is 0.465 e. The number of aromatic amines is 1. The van der Waals surface area contributed by atoms with Crippen molar-refractivity contribution in [3.8, 4) is 11.4 Å². The third kappa shape index (κ3) is 3.67. The summed E-state index contributed by atoms with van der Waals surface area (Å²) >= 11 is 17.4. The molecule has 3 rings (SSSR count). The van der Waals surface area contributed by atoms with Gasteiger partial charge >= 0.3 is 0 Å². The molecule has 0 aliphatic heterocycles. The van der Waals surface area contributed by atoms with Gasteiger partial charge in [-0.3, -0.25) is 0 Å². The van der Waals surface area contributed by atoms with Gasteiger partial charge in [0, 0.05) is 10.6 Å². The summed E-state index contributed by atoms with van der Waals surface area (Å²) in [5, 5.41) is 12.3. The number of nitrogens with zero attached hydrogens (tertiary/aromatic N) is 3. The zero-order chi connectivity index (χ0) is 17.1. The molecule has 2 heterocycles. The van der Waals surface area contributed by atoms with Gasteiger partial charge in [0.2, 0.25) is 4.77 Å². The van der Waals surface area contributed by atoms with E-state index in [1.165, 1.54) is 4.68 Å². The number of H-pyrrole nitrogens is 1. The summed E-state index contributed by atoms with van der Waals surface area (Å²) in [4.78, 5) is 0. The van der Waals surface area contributed by atoms with E-state index in [1.807, 2.05) is 25.1 Å². The molecule has 8 heteroatoms. The van der Waals surface area contributed by atoms with Crippen molar-refractivity contribution < 1.29 is 4.42 Å². The van der Waals surface area contributed by atoms with Crippen LogP contribution in [-0.4, -0.2) is 21.1 Å². The van der Waals surface area contributed by atoms with Crippen molar-refractivity contribution >= 4 is 47.7 Å². The van der Waals surface area contributed by atoms with E-state index in [0.29, 0.717) is 26.2 Å². The van der Waals surface area contributed by atoms with Crippen molar-refractivity contribution in [3.05, 3.63) is 62.7 Å². The highest BCUT2D eigenvalue weighted by Gasteiger charge is 2.12. The van der Waals surface area contributed by atoms with E-state index in [9.17, 15) is 0 Å². The molecule has 24 heavy (non-hydrogen) atoms. The smallest absolute Gasteiger partial charge is 0.216 e. The van der Waals surface area contributed by atoms with Gasteiger partial charge in [0.1, 0.15) is 5.76 Å². The first-order valence-corrected chi connectivity index (χ1v) is 8.10. The highest BCUT2D eigenvalue weighted by molar-refractivity contribution is 7.71. The Bertz CT molecular complexity index is 970. The van der Waals surface area contributed by atoms with E-state index in [1.54, 1.807) is 30.7 Å². The van der Waals surface area contributed by atoms with Crippen LogP contribution in [0.3, 0.4) is 0 Å². The molecule has 5 nitrogen and oxygen atoms in total. The van der Waals surface area contributed by atoms with E-state index < -0.39 is 0 Å². The molecule has 0 radical (unpaired) electrons. The van der Waals surface area contributed by atoms with Crippen LogP contribution in [0.15, 0.2) is 51.7 Å². The molecular formula is C16H12Cl2N4OS. The predicted molar refractivity (Wildman–Crippen MR) is 99.1 cm³/mol. The molecule has 0 bridgehead atoms. The third-order valence-electron chi connectivity index (χ3n) is 3.11. The fraction of sp³-hybridized carbons (Fsp3) is 0.0625. The number of halogens is 2. The molecule has 0 fully saturated rings. The van der Waals surface area contributed by atoms with E-state index in [4.69, 9.17) is 39.8 Å². The number of hydrogen-bond donors (Lipinski definition) is 1. The third-order valence-corrected chi connectivity index (χ3v) is 3.92. The maximum atomic E-state index is 6.24. The van der Waals surface area contributed by atoms with E-state index in [-0.39, 0.29) is 0 Å². The molecule has 0 unspecified atom stereocenters. The predicted octanol–water partition coefficient (Wildman–Crippen LogP) is 5.44. The van der Waals surface area contributed by atoms with Crippen molar-refractivity contribution in [2.75, 3.05) is 0 Å². The topological polar surface area (TPSA) is 59.1 Å². The van der Waals surface area contributed by atoms with Crippen LogP contribution in [-0.2, 0) is 0 Å². The van der Waals surface area contributed by atoms with E-state index >= 15 is 0 Å². The maximum Gasteiger partial charge on any atom is 0.216 e. The monoisotopic (exact) mass is 378 g/mol. The number of furan rings is 1. The first-order chi connectivity index (χ1) is 11.5. The average Bonchev–Trinajstić information content (AvgIpc) is 3.15. The number of benzene rings is 1. The fourth-order valence-electron chi connectivity index (χ4n) is 2.03. The van der Waals surface area contributed by atoms with E-state index in [0.717, 1.165) is 11.3 Å². The second-order valence-electron chi connectivity index (χ2n) is 4.94. The van der Waals surface area contributed by atoms with Gasteiger partial charge in [-0.1, -0.05) is 23.2 Å². The quantitative estimate of drug-likeness (QED) is 0.485. The lowest BCUT2D eigenvalue weighted by atomic mass is 10.2. The minimum atomic E-state index is 0.359. The molecule has 0 atom stereocenters. The van der Waals surface area contributed by atoms with Crippen LogP contribution < -0.4 is 0 Å². The van der Waals surface area contributed by atoms with Crippen molar-refractivity contribution in [1.82, 2.24) is 14.9 Å². The summed E-state index contributed by atoms with van der Waals surface area (Å²) in [7, 11) is 0. The lowest BCUT2D eigenvalue weighted by Crippen LogP contribution is -1.95. The van der Waals surface area contributed by atoms with Crippen LogP contribution in [0.4, 0.5) is 0 Å². The van der Waals surface area contributed by atoms with Gasteiger partial charge in [0.25, 0.3) is 0 Å². The van der Waals surface area contributed by atoms with Crippen LogP contribution in [0.1, 0.15) is 12.7 Å². The number of aromatic nitrogens is 3. The summed E-state index contributed by atoms with van der Waals surface area (Å²) < 4.78 is 7.13. The Labute approximate surface area is 153 Å². The zero-order valence-corrected chi connectivity index (χ0v) is 14.9. The SMILES string of the molecule is CC(/C=N\n1c(-c2ccc(Cl)cc2Cl)n[nH]c1=S)=C\c1ccco1. The van der Waals surface area contributed by atoms with Crippen molar-refractivity contribution in [3.63, 3.8) is 0 Å². The van der Waals surface area contributed by atoms with Crippen LogP contribution in [0.25, 0.3) is 17.5 Å². The number of rotatable bonds is 4. The average molecular weight is 379 g/mol. The second kappa shape index (κ2) is 7.17. The van der Waals surface area contributed by atoms with Crippen LogP contribution in [0.2, 0.25) is 10.0 Å². The van der Waals surface area contributed by atoms with Gasteiger partial charge < -0.3 is 4.42 Å². The molecule has 0 spiro atoms. The summed E-state index contributed by atoms with van der Waals surface area (Å²) in [6.45, 7) is 1.91. The van der Waals surface area contributed by atoms with Gasteiger partial charge in [0.05, 0.1) is 17.5 Å². The van der Waals surface area contributed by atoms with Crippen molar-refractivity contribution in [2.45, 2.75) is 6.92 Å². The highest BCUT2D eigenvalue weighted by atomic mass is 35.5. The molecule has 122 valence electrons. The van der Waals surface area contributed by atoms with Crippen molar-refractivity contribution in [2.24, 2.45) is 5.10 Å². The molecule has 1 N–H and O–H groups in total. The van der Waals surface area contributed by atoms with Gasteiger partial charge in [0.15, 0.2) is 5.82 Å². The first kappa shape index (κ1) is 16.7. The van der Waals surface area contributed by atoms with Crippen LogP contribution in [0, 0.1) is 4.77 Å². The molecule has 2 aromatic heterocycles. The summed E-state index contributed by atoms with van der Waals surface area (Å²) in [6, 6.07) is 8.83. The van der Waals surface area contributed by atoms with Gasteiger partial charge in [-0.15, -0.1) is 0 Å². The zero-order valence-electron chi connectivity index (χ0n) is 12.5. The first-order valence-electron chi connectivity index (χ1n) is 6.93. The molecule has 3 aromatic rings. The Balaban J connectivity index is 1.96. The Morgan fingerprint density at radius 2 is 2.21 bits per heavy atom. The molecule has 0 aliphatic carbocycles. The highest BCUT2D eigenvalue weighted by Crippen LogP contribution is 2.29. The molecular weight excluding hydrogens is 367 g/mol. The molecule has 0 aliphatic rings. The standard InChI is InChI=1S/C16H12Cl2N4OS/c1-10(7-12-3-2-6-23-12)9-19-22-15(20-21-16(22)24)13-5-4-11(17)8-14(13)18/h2-9H,1H3,(H,21,24)/b10-7+,19-9-. The minimum absolute atomic E-state index is 0.359. The minimum Gasteiger partial charge on any atom is -0.465 e. The normalized spacial score (nSPS) is 12.2. The molecule has 0 saturated heterocycles. The number of nitrogens with one attached hydrogen (secondary N) is 1. The van der Waals surface area contributed by atoms with Crippen LogP contribution >= 0.6 is 35.4 Å². The number of allylic oxidation sites excluding steroid dienone is 1. The molecule has 0 saturated carbocycles. The summed E-state index contributed by atoms with van der Waals surface area (Å²) in [5.41, 5.74) is 1.57. The Morgan fingerprint density at radius 1 is 1.38 bits per heavy atom. The van der Waals surface area contributed by atoms with E-state index in [2.05, 4.69) is 15.3 Å². The fourth-order valence-corrected chi connectivity index (χ4v) is 2.70. The second-order valence-corrected chi connectivity index (χ2v) is 6.17. The maximum absolute atomic E-state index is 6.24.